The van der Waals surface area contributed by atoms with Gasteiger partial charge in [0, 0.05) is 0 Å². The molecule has 0 aromatic heterocycles. The van der Waals surface area contributed by atoms with Crippen LogP contribution in [0.1, 0.15) is 34.1 Å². The Balaban J connectivity index is -0.0000000938. The van der Waals surface area contributed by atoms with Gasteiger partial charge in [0.1, 0.15) is 0 Å². The van der Waals surface area contributed by atoms with Gasteiger partial charge in [-0.3, -0.25) is 0 Å². The molecular weight excluding hydrogens is 312 g/mol. The number of allylic oxidation sites excluding steroid dienone is 1. The van der Waals surface area contributed by atoms with Gasteiger partial charge in [0.25, 0.3) is 0 Å². The Labute approximate surface area is 119 Å². The second-order valence-electron chi connectivity index (χ2n) is 3.07. The van der Waals surface area contributed by atoms with E-state index < -0.39 is 15.6 Å². The lowest BCUT2D eigenvalue weighted by molar-refractivity contribution is -0.434. The van der Waals surface area contributed by atoms with E-state index >= 15 is 0 Å². The van der Waals surface area contributed by atoms with Gasteiger partial charge in [-0.25, -0.2) is 0 Å². The Morgan fingerprint density at radius 1 is 0.950 bits per heavy atom. The van der Waals surface area contributed by atoms with Crippen molar-refractivity contribution in [2.75, 3.05) is 13.6 Å². The van der Waals surface area contributed by atoms with Crippen LogP contribution in [-0.4, -0.2) is 13.6 Å². The summed E-state index contributed by atoms with van der Waals surface area (Å²) in [6.07, 6.45) is 3.38. The molecule has 0 saturated heterocycles. The molecule has 20 heavy (non-hydrogen) atoms. The minimum absolute atomic E-state index is 1.09. The Kier molecular flexibility index (Phi) is 23.9. The molecular formula is C9H21NO8P2-6. The van der Waals surface area contributed by atoms with E-state index in [0.717, 1.165) is 13.0 Å². The van der Waals surface area contributed by atoms with Gasteiger partial charge in [0.15, 0.2) is 0 Å². The third-order valence-electron chi connectivity index (χ3n) is 0.947. The lowest BCUT2D eigenvalue weighted by atomic mass is 10.3. The van der Waals surface area contributed by atoms with Crippen LogP contribution in [0.2, 0.25) is 0 Å². The molecule has 0 saturated carbocycles. The minimum atomic E-state index is -5.39. The molecule has 0 aromatic rings. The molecule has 0 atom stereocenters. The zero-order valence-corrected chi connectivity index (χ0v) is 13.9. The number of nitrogens with one attached hydrogen (secondary N) is 1. The maximum Gasteiger partial charge on any atom is -0.00172 e. The molecule has 0 bridgehead atoms. The van der Waals surface area contributed by atoms with E-state index in [0.29, 0.717) is 0 Å². The average molecular weight is 333 g/mol. The molecule has 11 heteroatoms. The Bertz CT molecular complexity index is 269. The van der Waals surface area contributed by atoms with Crippen LogP contribution >= 0.6 is 15.6 Å². The molecule has 1 N–H and O–H groups in total. The first kappa shape index (κ1) is 28.1. The maximum absolute atomic E-state index is 8.55. The first-order valence-corrected chi connectivity index (χ1v) is 8.43. The molecule has 0 amide bonds. The van der Waals surface area contributed by atoms with Gasteiger partial charge >= 0.3 is 0 Å². The van der Waals surface area contributed by atoms with Gasteiger partial charge in [0.2, 0.25) is 0 Å². The summed E-state index contributed by atoms with van der Waals surface area (Å²) in [7, 11) is -8.81. The summed E-state index contributed by atoms with van der Waals surface area (Å²) in [5.74, 6) is 0. The van der Waals surface area contributed by atoms with E-state index in [1.54, 1.807) is 0 Å². The highest BCUT2D eigenvalue weighted by Gasteiger charge is 1.76. The first-order chi connectivity index (χ1) is 8.77. The fraction of sp³-hybridized carbons (Fsp3) is 0.778. The summed E-state index contributed by atoms with van der Waals surface area (Å²) >= 11 is 0. The molecule has 0 radical (unpaired) electrons. The second-order valence-corrected chi connectivity index (χ2v) is 4.86. The number of hydrogen-bond acceptors (Lipinski definition) is 9. The highest BCUT2D eigenvalue weighted by molar-refractivity contribution is 7.40. The Morgan fingerprint density at radius 2 is 1.20 bits per heavy atom. The van der Waals surface area contributed by atoms with E-state index in [4.69, 9.17) is 38.5 Å². The van der Waals surface area contributed by atoms with Crippen molar-refractivity contribution in [1.82, 2.24) is 5.32 Å². The average Bonchev–Trinajstić information content (AvgIpc) is 2.15. The third-order valence-corrected chi connectivity index (χ3v) is 0.947. The van der Waals surface area contributed by atoms with Crippen LogP contribution in [0.25, 0.3) is 0 Å². The first-order valence-electron chi connectivity index (χ1n) is 5.51. The van der Waals surface area contributed by atoms with Crippen LogP contribution < -0.4 is 34.7 Å². The Morgan fingerprint density at radius 3 is 1.35 bits per heavy atom. The lowest BCUT2D eigenvalue weighted by Gasteiger charge is -2.36. The SMILES string of the molecule is CC.CNCCC=C(C)C.O=P([O-])([O-])[O-].O=P([O-])([O-])[O-]. The molecule has 126 valence electrons. The lowest BCUT2D eigenvalue weighted by Crippen LogP contribution is -2.24. The third kappa shape index (κ3) is 212. The normalized spacial score (nSPS) is 9.75. The molecule has 0 aliphatic carbocycles. The molecule has 0 aliphatic heterocycles. The van der Waals surface area contributed by atoms with Crippen molar-refractivity contribution in [3.63, 3.8) is 0 Å². The van der Waals surface area contributed by atoms with Crippen LogP contribution in [0, 0.1) is 0 Å². The highest BCUT2D eigenvalue weighted by atomic mass is 31.2. The van der Waals surface area contributed by atoms with Crippen molar-refractivity contribution >= 4 is 15.6 Å². The molecule has 9 nitrogen and oxygen atoms in total. The molecule has 0 aliphatic rings. The zero-order chi connectivity index (χ0) is 17.4. The predicted molar refractivity (Wildman–Crippen MR) is 64.5 cm³/mol. The van der Waals surface area contributed by atoms with E-state index in [1.807, 2.05) is 20.9 Å². The largest absolute Gasteiger partial charge is 0.822 e. The smallest absolute Gasteiger partial charge is 0.00172 e. The monoisotopic (exact) mass is 333 g/mol. The molecule has 0 heterocycles. The van der Waals surface area contributed by atoms with E-state index in [-0.39, 0.29) is 0 Å². The van der Waals surface area contributed by atoms with Crippen molar-refractivity contribution in [2.45, 2.75) is 34.1 Å². The van der Waals surface area contributed by atoms with Gasteiger partial charge < -0.3 is 43.8 Å². The quantitative estimate of drug-likeness (QED) is 0.318. The van der Waals surface area contributed by atoms with Gasteiger partial charge in [0.05, 0.1) is 0 Å². The van der Waals surface area contributed by atoms with Crippen LogP contribution in [0.5, 0.6) is 0 Å². The van der Waals surface area contributed by atoms with E-state index in [9.17, 15) is 0 Å². The van der Waals surface area contributed by atoms with Gasteiger partial charge in [-0.2, -0.15) is 15.6 Å². The summed E-state index contributed by atoms with van der Waals surface area (Å²) in [6.45, 7) is 9.33. The van der Waals surface area contributed by atoms with E-state index in [1.165, 1.54) is 5.57 Å². The molecule has 0 aromatic carbocycles. The molecule has 0 spiro atoms. The van der Waals surface area contributed by atoms with Gasteiger partial charge in [-0.15, -0.1) is 0 Å². The van der Waals surface area contributed by atoms with Crippen molar-refractivity contribution in [1.29, 1.82) is 0 Å². The summed E-state index contributed by atoms with van der Waals surface area (Å²) in [5.41, 5.74) is 1.40. The minimum Gasteiger partial charge on any atom is -0.822 e. The second kappa shape index (κ2) is 17.0. The highest BCUT2D eigenvalue weighted by Crippen LogP contribution is 2.03. The van der Waals surface area contributed by atoms with Crippen LogP contribution in [0.3, 0.4) is 0 Å². The predicted octanol–water partition coefficient (Wildman–Crippen LogP) is -3.06. The summed E-state index contributed by atoms with van der Waals surface area (Å²) in [4.78, 5) is 51.3. The van der Waals surface area contributed by atoms with Crippen molar-refractivity contribution in [3.8, 4) is 0 Å². The molecule has 0 unspecified atom stereocenters. The topological polar surface area (TPSA) is 185 Å². The Hall–Kier alpha value is -0.0800. The summed E-state index contributed by atoms with van der Waals surface area (Å²) < 4.78 is 17.1. The van der Waals surface area contributed by atoms with Crippen molar-refractivity contribution < 1.29 is 38.5 Å². The molecule has 0 rings (SSSR count). The summed E-state index contributed by atoms with van der Waals surface area (Å²) in [5, 5.41) is 3.08. The molecule has 0 fully saturated rings. The summed E-state index contributed by atoms with van der Waals surface area (Å²) in [6, 6.07) is 0. The van der Waals surface area contributed by atoms with Crippen molar-refractivity contribution in [3.05, 3.63) is 11.6 Å². The number of rotatable bonds is 3. The van der Waals surface area contributed by atoms with E-state index in [2.05, 4.69) is 25.2 Å². The number of hydrogen-bond donors (Lipinski definition) is 1. The fourth-order valence-corrected chi connectivity index (χ4v) is 0.505. The standard InChI is InChI=1S/C7H15N.C2H6.2H3O4P/c1-7(2)5-4-6-8-3;1-2;2*1-5(2,3)4/h5,8H,4,6H2,1-3H3;1-2H3;2*(H3,1,2,3,4)/p-6. The number of phosphoric acid groups is 2. The van der Waals surface area contributed by atoms with Crippen molar-refractivity contribution in [2.24, 2.45) is 0 Å². The fourth-order valence-electron chi connectivity index (χ4n) is 0.505. The zero-order valence-electron chi connectivity index (χ0n) is 12.2. The van der Waals surface area contributed by atoms with Crippen LogP contribution in [-0.2, 0) is 9.13 Å². The van der Waals surface area contributed by atoms with Gasteiger partial charge in [-0.1, -0.05) is 25.5 Å². The van der Waals surface area contributed by atoms with Crippen LogP contribution in [0.4, 0.5) is 0 Å². The maximum atomic E-state index is 8.55. The van der Waals surface area contributed by atoms with Gasteiger partial charge in [-0.05, 0) is 33.9 Å². The van der Waals surface area contributed by atoms with Crippen LogP contribution in [0.15, 0.2) is 11.6 Å².